The number of thiazole rings is 1. The molecule has 0 fully saturated rings. The molecule has 1 heterocycles. The van der Waals surface area contributed by atoms with Gasteiger partial charge in [0, 0.05) is 11.1 Å². The SMILES string of the molecule is COC(=O)c1cccc(NC(=O)c2csc(COc3ccc(F)cc3)n2)c1C. The van der Waals surface area contributed by atoms with Crippen molar-refractivity contribution in [2.75, 3.05) is 12.4 Å². The number of anilines is 1. The van der Waals surface area contributed by atoms with E-state index >= 15 is 0 Å². The Morgan fingerprint density at radius 3 is 2.64 bits per heavy atom. The summed E-state index contributed by atoms with van der Waals surface area (Å²) in [6, 6.07) is 10.6. The van der Waals surface area contributed by atoms with Crippen molar-refractivity contribution in [3.05, 3.63) is 75.5 Å². The summed E-state index contributed by atoms with van der Waals surface area (Å²) in [4.78, 5) is 28.5. The molecule has 3 aromatic rings. The molecule has 0 bridgehead atoms. The molecule has 0 aliphatic heterocycles. The minimum atomic E-state index is -0.470. The number of halogens is 1. The first kappa shape index (κ1) is 19.5. The number of carbonyl (C=O) groups excluding carboxylic acids is 2. The van der Waals surface area contributed by atoms with E-state index in [4.69, 9.17) is 9.47 Å². The Morgan fingerprint density at radius 2 is 1.93 bits per heavy atom. The largest absolute Gasteiger partial charge is 0.486 e. The third-order valence-electron chi connectivity index (χ3n) is 3.95. The molecule has 3 rings (SSSR count). The quantitative estimate of drug-likeness (QED) is 0.627. The number of esters is 1. The molecule has 1 N–H and O–H groups in total. The van der Waals surface area contributed by atoms with Crippen LogP contribution in [0, 0.1) is 12.7 Å². The van der Waals surface area contributed by atoms with Crippen LogP contribution >= 0.6 is 11.3 Å². The Kier molecular flexibility index (Phi) is 6.00. The fourth-order valence-electron chi connectivity index (χ4n) is 2.45. The van der Waals surface area contributed by atoms with Crippen molar-refractivity contribution in [3.63, 3.8) is 0 Å². The number of nitrogens with one attached hydrogen (secondary N) is 1. The first-order valence-electron chi connectivity index (χ1n) is 8.30. The highest BCUT2D eigenvalue weighted by Gasteiger charge is 2.16. The predicted molar refractivity (Wildman–Crippen MR) is 103 cm³/mol. The van der Waals surface area contributed by atoms with Gasteiger partial charge in [-0.1, -0.05) is 6.07 Å². The number of nitrogens with zero attached hydrogens (tertiary/aromatic N) is 1. The van der Waals surface area contributed by atoms with Crippen molar-refractivity contribution in [3.8, 4) is 5.75 Å². The lowest BCUT2D eigenvalue weighted by Gasteiger charge is -2.10. The van der Waals surface area contributed by atoms with Crippen LogP contribution in [0.1, 0.15) is 31.4 Å². The van der Waals surface area contributed by atoms with Crippen LogP contribution < -0.4 is 10.1 Å². The summed E-state index contributed by atoms with van der Waals surface area (Å²) in [6.45, 7) is 1.89. The van der Waals surface area contributed by atoms with Gasteiger partial charge in [-0.15, -0.1) is 11.3 Å². The van der Waals surface area contributed by atoms with Gasteiger partial charge in [0.05, 0.1) is 12.7 Å². The van der Waals surface area contributed by atoms with Crippen LogP contribution in [0.3, 0.4) is 0 Å². The monoisotopic (exact) mass is 400 g/mol. The zero-order valence-electron chi connectivity index (χ0n) is 15.2. The molecule has 0 atom stereocenters. The zero-order chi connectivity index (χ0) is 20.1. The molecule has 6 nitrogen and oxygen atoms in total. The molecule has 28 heavy (non-hydrogen) atoms. The van der Waals surface area contributed by atoms with E-state index in [9.17, 15) is 14.0 Å². The Morgan fingerprint density at radius 1 is 1.18 bits per heavy atom. The molecule has 0 saturated heterocycles. The normalized spacial score (nSPS) is 10.4. The average Bonchev–Trinajstić information content (AvgIpc) is 3.18. The fourth-order valence-corrected chi connectivity index (χ4v) is 3.13. The van der Waals surface area contributed by atoms with Gasteiger partial charge in [0.1, 0.15) is 28.9 Å². The maximum atomic E-state index is 12.9. The zero-order valence-corrected chi connectivity index (χ0v) is 16.0. The number of hydrogen-bond donors (Lipinski definition) is 1. The lowest BCUT2D eigenvalue weighted by Crippen LogP contribution is -2.15. The van der Waals surface area contributed by atoms with Gasteiger partial charge >= 0.3 is 5.97 Å². The summed E-state index contributed by atoms with van der Waals surface area (Å²) in [6.07, 6.45) is 0. The summed E-state index contributed by atoms with van der Waals surface area (Å²) in [5.74, 6) is -0.693. The van der Waals surface area contributed by atoms with Gasteiger partial charge < -0.3 is 14.8 Å². The molecular weight excluding hydrogens is 383 g/mol. The lowest BCUT2D eigenvalue weighted by atomic mass is 10.1. The topological polar surface area (TPSA) is 77.5 Å². The number of benzene rings is 2. The molecule has 1 amide bonds. The fraction of sp³-hybridized carbons (Fsp3) is 0.150. The van der Waals surface area contributed by atoms with Crippen LogP contribution in [-0.2, 0) is 11.3 Å². The molecule has 144 valence electrons. The van der Waals surface area contributed by atoms with E-state index in [2.05, 4.69) is 10.3 Å². The summed E-state index contributed by atoms with van der Waals surface area (Å²) in [5.41, 5.74) is 1.74. The molecule has 0 unspecified atom stereocenters. The van der Waals surface area contributed by atoms with Crippen LogP contribution in [0.2, 0.25) is 0 Å². The number of ether oxygens (including phenoxy) is 2. The number of methoxy groups -OCH3 is 1. The van der Waals surface area contributed by atoms with E-state index in [0.717, 1.165) is 0 Å². The maximum Gasteiger partial charge on any atom is 0.338 e. The predicted octanol–water partition coefficient (Wildman–Crippen LogP) is 4.21. The van der Waals surface area contributed by atoms with E-state index in [1.165, 1.54) is 42.7 Å². The standard InChI is InChI=1S/C20H17FN2O4S/c1-12-15(20(25)26-2)4-3-5-16(12)23-19(24)17-11-28-18(22-17)10-27-14-8-6-13(21)7-9-14/h3-9,11H,10H2,1-2H3,(H,23,24). The molecule has 0 aliphatic carbocycles. The summed E-state index contributed by atoms with van der Waals surface area (Å²) >= 11 is 1.28. The summed E-state index contributed by atoms with van der Waals surface area (Å²) < 4.78 is 23.2. The van der Waals surface area contributed by atoms with Crippen molar-refractivity contribution < 1.29 is 23.5 Å². The number of amides is 1. The van der Waals surface area contributed by atoms with Crippen LogP contribution in [0.25, 0.3) is 0 Å². The second kappa shape index (κ2) is 8.62. The van der Waals surface area contributed by atoms with Crippen molar-refractivity contribution in [2.45, 2.75) is 13.5 Å². The molecular formula is C20H17FN2O4S. The second-order valence-electron chi connectivity index (χ2n) is 5.79. The first-order valence-corrected chi connectivity index (χ1v) is 9.18. The highest BCUT2D eigenvalue weighted by atomic mass is 32.1. The minimum absolute atomic E-state index is 0.167. The Hall–Kier alpha value is -3.26. The number of aromatic nitrogens is 1. The molecule has 2 aromatic carbocycles. The highest BCUT2D eigenvalue weighted by Crippen LogP contribution is 2.21. The maximum absolute atomic E-state index is 12.9. The van der Waals surface area contributed by atoms with Gasteiger partial charge in [0.25, 0.3) is 5.91 Å². The van der Waals surface area contributed by atoms with Crippen molar-refractivity contribution >= 4 is 28.9 Å². The van der Waals surface area contributed by atoms with Crippen LogP contribution in [-0.4, -0.2) is 24.0 Å². The highest BCUT2D eigenvalue weighted by molar-refractivity contribution is 7.09. The smallest absolute Gasteiger partial charge is 0.338 e. The third kappa shape index (κ3) is 4.52. The van der Waals surface area contributed by atoms with Crippen LogP contribution in [0.4, 0.5) is 10.1 Å². The Bertz CT molecular complexity index is 1000. The van der Waals surface area contributed by atoms with E-state index in [-0.39, 0.29) is 18.1 Å². The molecule has 0 saturated carbocycles. The van der Waals surface area contributed by atoms with E-state index in [1.54, 1.807) is 30.5 Å². The second-order valence-corrected chi connectivity index (χ2v) is 6.74. The number of carbonyl (C=O) groups is 2. The number of hydrogen-bond acceptors (Lipinski definition) is 6. The molecule has 0 radical (unpaired) electrons. The van der Waals surface area contributed by atoms with Crippen LogP contribution in [0.5, 0.6) is 5.75 Å². The molecule has 1 aromatic heterocycles. The van der Waals surface area contributed by atoms with Crippen LogP contribution in [0.15, 0.2) is 47.8 Å². The summed E-state index contributed by atoms with van der Waals surface area (Å²) in [5, 5.41) is 4.98. The Labute approximate surface area is 164 Å². The lowest BCUT2D eigenvalue weighted by molar-refractivity contribution is 0.0599. The van der Waals surface area contributed by atoms with Gasteiger partial charge in [-0.05, 0) is 48.9 Å². The molecule has 8 heteroatoms. The number of rotatable bonds is 6. The van der Waals surface area contributed by atoms with Crippen molar-refractivity contribution in [1.29, 1.82) is 0 Å². The first-order chi connectivity index (χ1) is 13.5. The van der Waals surface area contributed by atoms with Gasteiger partial charge in [-0.2, -0.15) is 0 Å². The molecule has 0 aliphatic rings. The molecule has 0 spiro atoms. The van der Waals surface area contributed by atoms with Gasteiger partial charge in [-0.25, -0.2) is 14.2 Å². The van der Waals surface area contributed by atoms with Crippen molar-refractivity contribution in [2.24, 2.45) is 0 Å². The van der Waals surface area contributed by atoms with E-state index < -0.39 is 11.9 Å². The van der Waals surface area contributed by atoms with E-state index in [0.29, 0.717) is 27.6 Å². The van der Waals surface area contributed by atoms with Gasteiger partial charge in [0.2, 0.25) is 0 Å². The van der Waals surface area contributed by atoms with Crippen molar-refractivity contribution in [1.82, 2.24) is 4.98 Å². The summed E-state index contributed by atoms with van der Waals surface area (Å²) in [7, 11) is 1.30. The minimum Gasteiger partial charge on any atom is -0.486 e. The van der Waals surface area contributed by atoms with E-state index in [1.807, 2.05) is 0 Å². The average molecular weight is 400 g/mol. The van der Waals surface area contributed by atoms with Gasteiger partial charge in [0.15, 0.2) is 0 Å². The third-order valence-corrected chi connectivity index (χ3v) is 4.77. The van der Waals surface area contributed by atoms with Gasteiger partial charge in [-0.3, -0.25) is 4.79 Å². The Balaban J connectivity index is 1.66.